The summed E-state index contributed by atoms with van der Waals surface area (Å²) >= 11 is 0. The zero-order valence-electron chi connectivity index (χ0n) is 24.0. The number of carbonyl (C=O) groups is 1. The molecule has 1 aromatic carbocycles. The van der Waals surface area contributed by atoms with Crippen molar-refractivity contribution >= 4 is 17.9 Å². The Kier molecular flexibility index (Phi) is 7.76. The Hall–Kier alpha value is -3.60. The maximum absolute atomic E-state index is 14.5. The predicted octanol–water partition coefficient (Wildman–Crippen LogP) is 3.67. The van der Waals surface area contributed by atoms with Crippen LogP contribution in [0.2, 0.25) is 0 Å². The van der Waals surface area contributed by atoms with E-state index in [1.807, 2.05) is 29.7 Å². The van der Waals surface area contributed by atoms with Crippen LogP contribution < -0.4 is 15.5 Å². The van der Waals surface area contributed by atoms with Crippen molar-refractivity contribution in [3.63, 3.8) is 0 Å². The molecule has 2 N–H and O–H groups in total. The van der Waals surface area contributed by atoms with Crippen LogP contribution in [0.25, 0.3) is 0 Å². The molecule has 2 saturated heterocycles. The molecule has 0 radical (unpaired) electrons. The first-order chi connectivity index (χ1) is 19.0. The lowest BCUT2D eigenvalue weighted by Crippen LogP contribution is -2.47. The Labute approximate surface area is 234 Å². The number of halogens is 1. The molecule has 3 aromatic rings. The average molecular weight is 551 g/mol. The molecule has 2 fully saturated rings. The molecule has 5 rings (SSSR count). The van der Waals surface area contributed by atoms with E-state index in [0.717, 1.165) is 31.5 Å². The maximum atomic E-state index is 14.5. The summed E-state index contributed by atoms with van der Waals surface area (Å²) < 4.78 is 20.0. The first kappa shape index (κ1) is 27.9. The number of hydrogen-bond acceptors (Lipinski definition) is 9. The number of nitrogens with two attached hydrogens (primary N) is 1. The van der Waals surface area contributed by atoms with E-state index in [4.69, 9.17) is 10.3 Å². The van der Waals surface area contributed by atoms with E-state index in [9.17, 15) is 9.18 Å². The minimum absolute atomic E-state index is 0.0851. The predicted molar refractivity (Wildman–Crippen MR) is 151 cm³/mol. The lowest BCUT2D eigenvalue weighted by Gasteiger charge is -2.37. The van der Waals surface area contributed by atoms with E-state index in [1.54, 1.807) is 18.5 Å². The largest absolute Gasteiger partial charge is 0.339 e. The Morgan fingerprint density at radius 3 is 2.48 bits per heavy atom. The molecule has 10 nitrogen and oxygen atoms in total. The molecular formula is C29H39FN8O2. The number of piperidine rings is 1. The van der Waals surface area contributed by atoms with Crippen molar-refractivity contribution in [1.29, 1.82) is 0 Å². The summed E-state index contributed by atoms with van der Waals surface area (Å²) in [5.74, 6) is 0.698. The third-order valence-electron chi connectivity index (χ3n) is 7.95. The monoisotopic (exact) mass is 550 g/mol. The van der Waals surface area contributed by atoms with Crippen molar-refractivity contribution in [1.82, 2.24) is 25.0 Å². The van der Waals surface area contributed by atoms with Crippen molar-refractivity contribution in [2.75, 3.05) is 42.5 Å². The topological polar surface area (TPSA) is 118 Å². The van der Waals surface area contributed by atoms with Gasteiger partial charge in [-0.3, -0.25) is 4.79 Å². The molecular weight excluding hydrogens is 511 g/mol. The summed E-state index contributed by atoms with van der Waals surface area (Å²) in [5, 5.41) is 4.13. The quantitative estimate of drug-likeness (QED) is 0.491. The van der Waals surface area contributed by atoms with Gasteiger partial charge in [-0.05, 0) is 38.3 Å². The van der Waals surface area contributed by atoms with Gasteiger partial charge in [0, 0.05) is 68.5 Å². The van der Waals surface area contributed by atoms with E-state index in [-0.39, 0.29) is 35.1 Å². The zero-order chi connectivity index (χ0) is 28.6. The number of benzene rings is 1. The van der Waals surface area contributed by atoms with Crippen molar-refractivity contribution in [2.24, 2.45) is 5.73 Å². The fraction of sp³-hybridized carbons (Fsp3) is 0.552. The molecule has 0 aliphatic carbocycles. The van der Waals surface area contributed by atoms with Gasteiger partial charge in [-0.2, -0.15) is 4.98 Å². The second-order valence-electron chi connectivity index (χ2n) is 11.9. The highest BCUT2D eigenvalue weighted by Gasteiger charge is 2.35. The summed E-state index contributed by atoms with van der Waals surface area (Å²) in [7, 11) is 0. The molecule has 4 heterocycles. The Morgan fingerprint density at radius 2 is 1.85 bits per heavy atom. The molecule has 0 unspecified atom stereocenters. The number of aromatic nitrogens is 4. The second kappa shape index (κ2) is 11.1. The van der Waals surface area contributed by atoms with Crippen LogP contribution in [0.3, 0.4) is 0 Å². The standard InChI is InChI=1S/C29H39FN8O2/c1-6-38(20-9-11-36(12-10-20)28-34-26(35-40-28)29(3,4)5)25(39)19-14-32-27(33-15-19)37-16-22(24(31)17-37)21-13-18(2)7-8-23(21)30/h7-8,13-15,20,22,24H,6,9-12,16-17,31H2,1-5H3/t22-,24+/m1/s1. The van der Waals surface area contributed by atoms with Crippen molar-refractivity contribution < 1.29 is 13.7 Å². The third-order valence-corrected chi connectivity index (χ3v) is 7.95. The van der Waals surface area contributed by atoms with Gasteiger partial charge in [-0.25, -0.2) is 14.4 Å². The summed E-state index contributed by atoms with van der Waals surface area (Å²) in [6.07, 6.45) is 4.77. The molecule has 0 spiro atoms. The summed E-state index contributed by atoms with van der Waals surface area (Å²) in [6.45, 7) is 13.2. The van der Waals surface area contributed by atoms with Gasteiger partial charge >= 0.3 is 6.01 Å². The van der Waals surface area contributed by atoms with Crippen LogP contribution in [0.4, 0.5) is 16.4 Å². The minimum Gasteiger partial charge on any atom is -0.339 e. The number of anilines is 2. The van der Waals surface area contributed by atoms with E-state index in [1.165, 1.54) is 6.07 Å². The van der Waals surface area contributed by atoms with Crippen LogP contribution in [0.1, 0.15) is 73.8 Å². The highest BCUT2D eigenvalue weighted by molar-refractivity contribution is 5.94. The SMILES string of the molecule is CCN(C(=O)c1cnc(N2C[C@H](c3cc(C)ccc3F)[C@@H](N)C2)nc1)C1CCN(c2nc(C(C)(C)C)no2)CC1. The molecule has 2 aromatic heterocycles. The van der Waals surface area contributed by atoms with Crippen molar-refractivity contribution in [3.8, 4) is 0 Å². The van der Waals surface area contributed by atoms with Gasteiger partial charge in [0.2, 0.25) is 5.95 Å². The number of amides is 1. The van der Waals surface area contributed by atoms with Gasteiger partial charge in [0.1, 0.15) is 5.82 Å². The number of nitrogens with zero attached hydrogens (tertiary/aromatic N) is 7. The molecule has 0 saturated carbocycles. The lowest BCUT2D eigenvalue weighted by molar-refractivity contribution is 0.0661. The molecule has 11 heteroatoms. The van der Waals surface area contributed by atoms with Gasteiger partial charge in [0.15, 0.2) is 5.82 Å². The molecule has 2 aliphatic rings. The fourth-order valence-corrected chi connectivity index (χ4v) is 5.61. The average Bonchev–Trinajstić information content (AvgIpc) is 3.59. The van der Waals surface area contributed by atoms with Crippen molar-refractivity contribution in [3.05, 3.63) is 58.9 Å². The fourth-order valence-electron chi connectivity index (χ4n) is 5.61. The summed E-state index contributed by atoms with van der Waals surface area (Å²) in [6, 6.07) is 5.51. The van der Waals surface area contributed by atoms with Crippen LogP contribution in [0.15, 0.2) is 35.1 Å². The Morgan fingerprint density at radius 1 is 1.15 bits per heavy atom. The smallest absolute Gasteiger partial charge is 0.324 e. The van der Waals surface area contributed by atoms with Crippen LogP contribution in [-0.2, 0) is 5.41 Å². The highest BCUT2D eigenvalue weighted by Crippen LogP contribution is 2.31. The van der Waals surface area contributed by atoms with Gasteiger partial charge in [0.25, 0.3) is 5.91 Å². The van der Waals surface area contributed by atoms with Crippen LogP contribution in [0.5, 0.6) is 0 Å². The molecule has 214 valence electrons. The van der Waals surface area contributed by atoms with E-state index >= 15 is 0 Å². The summed E-state index contributed by atoms with van der Waals surface area (Å²) in [4.78, 5) is 33.0. The highest BCUT2D eigenvalue weighted by atomic mass is 19.1. The molecule has 0 bridgehead atoms. The molecule has 1 amide bonds. The normalized spacial score (nSPS) is 20.3. The molecule has 40 heavy (non-hydrogen) atoms. The van der Waals surface area contributed by atoms with Crippen LogP contribution >= 0.6 is 0 Å². The zero-order valence-corrected chi connectivity index (χ0v) is 24.0. The second-order valence-corrected chi connectivity index (χ2v) is 11.9. The number of rotatable bonds is 6. The third kappa shape index (κ3) is 5.65. The van der Waals surface area contributed by atoms with Gasteiger partial charge in [-0.15, -0.1) is 0 Å². The molecule has 2 aliphatic heterocycles. The Balaban J connectivity index is 1.21. The van der Waals surface area contributed by atoms with E-state index in [2.05, 4.69) is 45.8 Å². The number of aryl methyl sites for hydroxylation is 1. The van der Waals surface area contributed by atoms with Crippen LogP contribution in [0, 0.1) is 12.7 Å². The van der Waals surface area contributed by atoms with Crippen LogP contribution in [-0.4, -0.2) is 75.7 Å². The minimum atomic E-state index is -0.244. The van der Waals surface area contributed by atoms with Gasteiger partial charge in [0.05, 0.1) is 5.56 Å². The van der Waals surface area contributed by atoms with E-state index < -0.39 is 0 Å². The van der Waals surface area contributed by atoms with Gasteiger partial charge in [-0.1, -0.05) is 43.6 Å². The number of hydrogen-bond donors (Lipinski definition) is 1. The van der Waals surface area contributed by atoms with Gasteiger partial charge < -0.3 is 25.0 Å². The first-order valence-electron chi connectivity index (χ1n) is 14.0. The lowest BCUT2D eigenvalue weighted by atomic mass is 9.93. The van der Waals surface area contributed by atoms with Crippen molar-refractivity contribution in [2.45, 2.75) is 70.9 Å². The maximum Gasteiger partial charge on any atom is 0.324 e. The first-order valence-corrected chi connectivity index (χ1v) is 14.0. The Bertz CT molecular complexity index is 1330. The molecule has 2 atom stereocenters. The summed E-state index contributed by atoms with van der Waals surface area (Å²) in [5.41, 5.74) is 8.30. The number of carbonyl (C=O) groups excluding carboxylic acids is 1. The van der Waals surface area contributed by atoms with E-state index in [0.29, 0.717) is 48.5 Å².